The lowest BCUT2D eigenvalue weighted by molar-refractivity contribution is 0.411. The molecule has 0 aliphatic heterocycles. The maximum absolute atomic E-state index is 5.90. The molecule has 0 amide bonds. The van der Waals surface area contributed by atoms with E-state index in [9.17, 15) is 0 Å². The van der Waals surface area contributed by atoms with Crippen molar-refractivity contribution >= 4 is 15.9 Å². The van der Waals surface area contributed by atoms with Gasteiger partial charge in [0, 0.05) is 24.9 Å². The van der Waals surface area contributed by atoms with Crippen LogP contribution >= 0.6 is 15.9 Å². The molecule has 1 aliphatic rings. The summed E-state index contributed by atoms with van der Waals surface area (Å²) >= 11 is 3.65. The molecule has 3 N–H and O–H groups in total. The summed E-state index contributed by atoms with van der Waals surface area (Å²) in [5.41, 5.74) is 6.81. The summed E-state index contributed by atoms with van der Waals surface area (Å²) in [4.78, 5) is 0. The van der Waals surface area contributed by atoms with Crippen LogP contribution in [0, 0.1) is 6.92 Å². The van der Waals surface area contributed by atoms with Gasteiger partial charge < -0.3 is 0 Å². The molecule has 1 aromatic carbocycles. The lowest BCUT2D eigenvalue weighted by atomic mass is 9.86. The number of halogens is 1. The third-order valence-corrected chi connectivity index (χ3v) is 5.70. The summed E-state index contributed by atoms with van der Waals surface area (Å²) in [6.07, 6.45) is 3.23. The van der Waals surface area contributed by atoms with E-state index in [-0.39, 0.29) is 11.5 Å². The zero-order chi connectivity index (χ0) is 15.0. The highest BCUT2D eigenvalue weighted by molar-refractivity contribution is 9.10. The fourth-order valence-electron chi connectivity index (χ4n) is 3.25. The number of hydrazine groups is 1. The van der Waals surface area contributed by atoms with Gasteiger partial charge in [0.1, 0.15) is 0 Å². The SMILES string of the molecule is Cc1nn(C)c(CC(NN)C2(c3ccccc3)CC2)c1Br. The number of nitrogens with one attached hydrogen (secondary N) is 1. The molecule has 0 bridgehead atoms. The first-order valence-corrected chi connectivity index (χ1v) is 8.07. The van der Waals surface area contributed by atoms with Gasteiger partial charge in [0.05, 0.1) is 15.9 Å². The number of hydrogen-bond donors (Lipinski definition) is 2. The Hall–Kier alpha value is -1.17. The van der Waals surface area contributed by atoms with Gasteiger partial charge in [-0.05, 0) is 41.3 Å². The Bertz CT molecular complexity index is 631. The maximum atomic E-state index is 5.90. The zero-order valence-corrected chi connectivity index (χ0v) is 14.0. The van der Waals surface area contributed by atoms with Crippen molar-refractivity contribution in [1.29, 1.82) is 0 Å². The predicted molar refractivity (Wildman–Crippen MR) is 87.8 cm³/mol. The van der Waals surface area contributed by atoms with E-state index in [2.05, 4.69) is 56.8 Å². The van der Waals surface area contributed by atoms with Crippen molar-refractivity contribution in [3.05, 3.63) is 51.8 Å². The van der Waals surface area contributed by atoms with Crippen molar-refractivity contribution in [2.45, 2.75) is 37.6 Å². The summed E-state index contributed by atoms with van der Waals surface area (Å²) < 4.78 is 3.04. The Morgan fingerprint density at radius 3 is 2.52 bits per heavy atom. The molecule has 1 aromatic heterocycles. The van der Waals surface area contributed by atoms with Crippen LogP contribution in [0.5, 0.6) is 0 Å². The lowest BCUT2D eigenvalue weighted by Crippen LogP contribution is -2.46. The standard InChI is InChI=1S/C16H21BrN4/c1-11-15(17)13(21(2)20-11)10-14(19-18)16(8-9-16)12-6-4-3-5-7-12/h3-7,14,19H,8-10,18H2,1-2H3. The number of hydrogen-bond acceptors (Lipinski definition) is 3. The summed E-state index contributed by atoms with van der Waals surface area (Å²) in [6, 6.07) is 10.9. The van der Waals surface area contributed by atoms with Crippen molar-refractivity contribution < 1.29 is 0 Å². The van der Waals surface area contributed by atoms with E-state index < -0.39 is 0 Å². The number of aromatic nitrogens is 2. The van der Waals surface area contributed by atoms with Crippen LogP contribution in [0.3, 0.4) is 0 Å². The third-order valence-electron chi connectivity index (χ3n) is 4.66. The minimum atomic E-state index is 0.160. The summed E-state index contributed by atoms with van der Waals surface area (Å²) in [5.74, 6) is 5.90. The summed E-state index contributed by atoms with van der Waals surface area (Å²) in [7, 11) is 1.99. The van der Waals surface area contributed by atoms with Crippen molar-refractivity contribution in [1.82, 2.24) is 15.2 Å². The molecule has 112 valence electrons. The van der Waals surface area contributed by atoms with Gasteiger partial charge >= 0.3 is 0 Å². The first kappa shape index (κ1) is 14.8. The molecule has 1 unspecified atom stereocenters. The minimum Gasteiger partial charge on any atom is -0.271 e. The first-order chi connectivity index (χ1) is 10.1. The fourth-order valence-corrected chi connectivity index (χ4v) is 3.75. The van der Waals surface area contributed by atoms with Crippen molar-refractivity contribution in [2.75, 3.05) is 0 Å². The molecule has 1 fully saturated rings. The van der Waals surface area contributed by atoms with Crippen LogP contribution in [-0.2, 0) is 18.9 Å². The first-order valence-electron chi connectivity index (χ1n) is 7.28. The average molecular weight is 349 g/mol. The molecule has 1 atom stereocenters. The number of benzene rings is 1. The van der Waals surface area contributed by atoms with Gasteiger partial charge in [0.2, 0.25) is 0 Å². The third kappa shape index (κ3) is 2.54. The second-order valence-electron chi connectivity index (χ2n) is 5.92. The second-order valence-corrected chi connectivity index (χ2v) is 6.71. The van der Waals surface area contributed by atoms with E-state index in [0.717, 1.165) is 16.6 Å². The van der Waals surface area contributed by atoms with Crippen molar-refractivity contribution in [3.63, 3.8) is 0 Å². The van der Waals surface area contributed by atoms with E-state index in [0.29, 0.717) is 0 Å². The van der Waals surface area contributed by atoms with Crippen LogP contribution in [0.25, 0.3) is 0 Å². The molecule has 4 nitrogen and oxygen atoms in total. The highest BCUT2D eigenvalue weighted by Crippen LogP contribution is 2.51. The van der Waals surface area contributed by atoms with E-state index in [1.54, 1.807) is 0 Å². The molecular weight excluding hydrogens is 328 g/mol. The smallest absolute Gasteiger partial charge is 0.0738 e. The molecule has 1 heterocycles. The Labute approximate surface area is 133 Å². The number of aryl methyl sites for hydroxylation is 2. The zero-order valence-electron chi connectivity index (χ0n) is 12.4. The van der Waals surface area contributed by atoms with E-state index in [4.69, 9.17) is 5.84 Å². The molecule has 0 radical (unpaired) electrons. The molecular formula is C16H21BrN4. The minimum absolute atomic E-state index is 0.160. The van der Waals surface area contributed by atoms with Crippen LogP contribution in [0.2, 0.25) is 0 Å². The quantitative estimate of drug-likeness (QED) is 0.645. The Morgan fingerprint density at radius 2 is 2.05 bits per heavy atom. The Balaban J connectivity index is 1.89. The van der Waals surface area contributed by atoms with Crippen LogP contribution in [0.1, 0.15) is 29.8 Å². The van der Waals surface area contributed by atoms with Crippen LogP contribution in [0.15, 0.2) is 34.8 Å². The molecule has 5 heteroatoms. The van der Waals surface area contributed by atoms with E-state index in [1.165, 1.54) is 24.1 Å². The Kier molecular flexibility index (Phi) is 3.90. The largest absolute Gasteiger partial charge is 0.271 e. The summed E-state index contributed by atoms with van der Waals surface area (Å²) in [5, 5.41) is 4.47. The van der Waals surface area contributed by atoms with Gasteiger partial charge in [-0.25, -0.2) is 0 Å². The van der Waals surface area contributed by atoms with E-state index in [1.807, 2.05) is 18.7 Å². The summed E-state index contributed by atoms with van der Waals surface area (Å²) in [6.45, 7) is 2.02. The average Bonchev–Trinajstić information content (AvgIpc) is 3.25. The predicted octanol–water partition coefficient (Wildman–Crippen LogP) is 2.60. The normalized spacial score (nSPS) is 17.7. The molecule has 1 saturated carbocycles. The molecule has 0 spiro atoms. The van der Waals surface area contributed by atoms with Gasteiger partial charge in [0.15, 0.2) is 0 Å². The monoisotopic (exact) mass is 348 g/mol. The van der Waals surface area contributed by atoms with Gasteiger partial charge in [-0.15, -0.1) is 0 Å². The number of nitrogens with zero attached hydrogens (tertiary/aromatic N) is 2. The van der Waals surface area contributed by atoms with Gasteiger partial charge in [-0.1, -0.05) is 30.3 Å². The Morgan fingerprint density at radius 1 is 1.38 bits per heavy atom. The van der Waals surface area contributed by atoms with E-state index >= 15 is 0 Å². The van der Waals surface area contributed by atoms with Crippen LogP contribution < -0.4 is 11.3 Å². The highest BCUT2D eigenvalue weighted by Gasteiger charge is 2.50. The lowest BCUT2D eigenvalue weighted by Gasteiger charge is -2.27. The fraction of sp³-hybridized carbons (Fsp3) is 0.438. The number of rotatable bonds is 5. The van der Waals surface area contributed by atoms with Gasteiger partial charge in [-0.2, -0.15) is 5.10 Å². The van der Waals surface area contributed by atoms with Crippen molar-refractivity contribution in [2.24, 2.45) is 12.9 Å². The van der Waals surface area contributed by atoms with Crippen LogP contribution in [-0.4, -0.2) is 15.8 Å². The highest BCUT2D eigenvalue weighted by atomic mass is 79.9. The van der Waals surface area contributed by atoms with Crippen LogP contribution in [0.4, 0.5) is 0 Å². The second kappa shape index (κ2) is 5.55. The molecule has 21 heavy (non-hydrogen) atoms. The number of nitrogens with two attached hydrogens (primary N) is 1. The molecule has 0 saturated heterocycles. The maximum Gasteiger partial charge on any atom is 0.0738 e. The van der Waals surface area contributed by atoms with Gasteiger partial charge in [0.25, 0.3) is 0 Å². The van der Waals surface area contributed by atoms with Gasteiger partial charge in [-0.3, -0.25) is 16.0 Å². The van der Waals surface area contributed by atoms with Crippen molar-refractivity contribution in [3.8, 4) is 0 Å². The topological polar surface area (TPSA) is 55.9 Å². The molecule has 3 rings (SSSR count). The molecule has 1 aliphatic carbocycles. The molecule has 2 aromatic rings.